The number of nitrogens with zero attached hydrogens (tertiary/aromatic N) is 3. The number of aromatic nitrogens is 2. The third kappa shape index (κ3) is 3.42. The van der Waals surface area contributed by atoms with Crippen molar-refractivity contribution in [2.75, 3.05) is 18.5 Å². The Balaban J connectivity index is 2.00. The molecule has 1 heterocycles. The maximum absolute atomic E-state index is 4.51. The molecule has 2 rings (SSSR count). The number of hydrogen-bond acceptors (Lipinski definition) is 3. The fraction of sp³-hybridized carbons (Fsp3) is 0.714. The van der Waals surface area contributed by atoms with Gasteiger partial charge in [0, 0.05) is 25.0 Å². The van der Waals surface area contributed by atoms with Crippen LogP contribution < -0.4 is 4.90 Å². The average molecular weight is 233 g/mol. The van der Waals surface area contributed by atoms with Gasteiger partial charge in [0.15, 0.2) is 0 Å². The van der Waals surface area contributed by atoms with E-state index in [-0.39, 0.29) is 0 Å². The number of hydrogen-bond donors (Lipinski definition) is 0. The number of anilines is 1. The molecule has 3 heteroatoms. The zero-order valence-electron chi connectivity index (χ0n) is 11.2. The van der Waals surface area contributed by atoms with Gasteiger partial charge in [-0.1, -0.05) is 19.3 Å². The van der Waals surface area contributed by atoms with Crippen molar-refractivity contribution in [1.82, 2.24) is 9.97 Å². The van der Waals surface area contributed by atoms with Crippen LogP contribution >= 0.6 is 0 Å². The van der Waals surface area contributed by atoms with Crippen molar-refractivity contribution >= 4 is 5.95 Å². The van der Waals surface area contributed by atoms with E-state index in [1.165, 1.54) is 32.1 Å². The molecule has 0 aromatic carbocycles. The molecule has 0 saturated heterocycles. The van der Waals surface area contributed by atoms with E-state index in [0.717, 1.165) is 29.8 Å². The Kier molecular flexibility index (Phi) is 3.97. The normalized spacial score (nSPS) is 17.1. The Morgan fingerprint density at radius 2 is 1.71 bits per heavy atom. The summed E-state index contributed by atoms with van der Waals surface area (Å²) in [6.07, 6.45) is 6.95. The third-order valence-corrected chi connectivity index (χ3v) is 3.57. The summed E-state index contributed by atoms with van der Waals surface area (Å²) in [5.41, 5.74) is 2.12. The summed E-state index contributed by atoms with van der Waals surface area (Å²) in [5.74, 6) is 1.71. The molecule has 0 atom stereocenters. The molecule has 0 bridgehead atoms. The van der Waals surface area contributed by atoms with Gasteiger partial charge in [-0.2, -0.15) is 0 Å². The van der Waals surface area contributed by atoms with Gasteiger partial charge >= 0.3 is 0 Å². The predicted octanol–water partition coefficient (Wildman–Crippen LogP) is 3.11. The first-order valence-corrected chi connectivity index (χ1v) is 6.68. The summed E-state index contributed by atoms with van der Waals surface area (Å²) in [6.45, 7) is 5.17. The Morgan fingerprint density at radius 3 is 2.29 bits per heavy atom. The molecule has 0 spiro atoms. The Labute approximate surface area is 104 Å². The summed E-state index contributed by atoms with van der Waals surface area (Å²) in [4.78, 5) is 11.2. The van der Waals surface area contributed by atoms with Crippen molar-refractivity contribution in [3.63, 3.8) is 0 Å². The van der Waals surface area contributed by atoms with Gasteiger partial charge in [-0.25, -0.2) is 9.97 Å². The molecular formula is C14H23N3. The standard InChI is InChI=1S/C14H23N3/c1-11-9-12(2)16-14(15-11)17(3)10-13-7-5-4-6-8-13/h9,13H,4-8,10H2,1-3H3. The predicted molar refractivity (Wildman–Crippen MR) is 71.4 cm³/mol. The minimum atomic E-state index is 0.832. The van der Waals surface area contributed by atoms with E-state index in [0.29, 0.717) is 0 Å². The lowest BCUT2D eigenvalue weighted by Crippen LogP contribution is -2.28. The van der Waals surface area contributed by atoms with Gasteiger partial charge in [-0.3, -0.25) is 0 Å². The second kappa shape index (κ2) is 5.48. The van der Waals surface area contributed by atoms with Crippen LogP contribution in [0.5, 0.6) is 0 Å². The van der Waals surface area contributed by atoms with Crippen LogP contribution in [-0.4, -0.2) is 23.6 Å². The fourth-order valence-corrected chi connectivity index (χ4v) is 2.72. The number of aryl methyl sites for hydroxylation is 2. The van der Waals surface area contributed by atoms with Crippen molar-refractivity contribution in [2.24, 2.45) is 5.92 Å². The molecule has 0 amide bonds. The fourth-order valence-electron chi connectivity index (χ4n) is 2.72. The SMILES string of the molecule is Cc1cc(C)nc(N(C)CC2CCCCC2)n1. The molecule has 0 N–H and O–H groups in total. The van der Waals surface area contributed by atoms with Crippen LogP contribution in [-0.2, 0) is 0 Å². The minimum absolute atomic E-state index is 0.832. The lowest BCUT2D eigenvalue weighted by atomic mass is 9.89. The van der Waals surface area contributed by atoms with E-state index in [9.17, 15) is 0 Å². The average Bonchev–Trinajstić information content (AvgIpc) is 2.29. The van der Waals surface area contributed by atoms with Crippen molar-refractivity contribution in [3.8, 4) is 0 Å². The third-order valence-electron chi connectivity index (χ3n) is 3.57. The first kappa shape index (κ1) is 12.3. The van der Waals surface area contributed by atoms with E-state index < -0.39 is 0 Å². The first-order valence-electron chi connectivity index (χ1n) is 6.68. The lowest BCUT2D eigenvalue weighted by molar-refractivity contribution is 0.361. The summed E-state index contributed by atoms with van der Waals surface area (Å²) in [5, 5.41) is 0. The number of rotatable bonds is 3. The molecule has 1 aliphatic carbocycles. The molecule has 94 valence electrons. The van der Waals surface area contributed by atoms with Crippen LogP contribution in [0.25, 0.3) is 0 Å². The monoisotopic (exact) mass is 233 g/mol. The molecule has 0 aliphatic heterocycles. The quantitative estimate of drug-likeness (QED) is 0.803. The van der Waals surface area contributed by atoms with Crippen LogP contribution in [0, 0.1) is 19.8 Å². The molecule has 17 heavy (non-hydrogen) atoms. The van der Waals surface area contributed by atoms with Crippen LogP contribution in [0.2, 0.25) is 0 Å². The highest BCUT2D eigenvalue weighted by Gasteiger charge is 2.16. The summed E-state index contributed by atoms with van der Waals surface area (Å²) in [7, 11) is 2.11. The van der Waals surface area contributed by atoms with Crippen molar-refractivity contribution in [2.45, 2.75) is 46.0 Å². The molecular weight excluding hydrogens is 210 g/mol. The van der Waals surface area contributed by atoms with E-state index in [4.69, 9.17) is 0 Å². The molecule has 1 aliphatic rings. The van der Waals surface area contributed by atoms with Crippen molar-refractivity contribution in [1.29, 1.82) is 0 Å². The maximum atomic E-state index is 4.51. The molecule has 3 nitrogen and oxygen atoms in total. The summed E-state index contributed by atoms with van der Waals surface area (Å²) >= 11 is 0. The smallest absolute Gasteiger partial charge is 0.225 e. The van der Waals surface area contributed by atoms with Gasteiger partial charge in [0.1, 0.15) is 0 Å². The topological polar surface area (TPSA) is 29.0 Å². The highest BCUT2D eigenvalue weighted by Crippen LogP contribution is 2.25. The molecule has 1 aromatic rings. The first-order chi connectivity index (χ1) is 8.15. The van der Waals surface area contributed by atoms with Crippen LogP contribution in [0.4, 0.5) is 5.95 Å². The lowest BCUT2D eigenvalue weighted by Gasteiger charge is -2.27. The van der Waals surface area contributed by atoms with Gasteiger partial charge < -0.3 is 4.90 Å². The van der Waals surface area contributed by atoms with E-state index in [1.807, 2.05) is 19.9 Å². The molecule has 1 fully saturated rings. The minimum Gasteiger partial charge on any atom is -0.344 e. The largest absolute Gasteiger partial charge is 0.344 e. The van der Waals surface area contributed by atoms with Crippen LogP contribution in [0.1, 0.15) is 43.5 Å². The maximum Gasteiger partial charge on any atom is 0.225 e. The Hall–Kier alpha value is -1.12. The molecule has 1 aromatic heterocycles. The highest BCUT2D eigenvalue weighted by molar-refractivity contribution is 5.30. The van der Waals surface area contributed by atoms with E-state index in [1.54, 1.807) is 0 Å². The Morgan fingerprint density at radius 1 is 1.12 bits per heavy atom. The zero-order chi connectivity index (χ0) is 12.3. The second-order valence-corrected chi connectivity index (χ2v) is 5.34. The van der Waals surface area contributed by atoms with Crippen LogP contribution in [0.3, 0.4) is 0 Å². The van der Waals surface area contributed by atoms with E-state index >= 15 is 0 Å². The van der Waals surface area contributed by atoms with Gasteiger partial charge in [0.25, 0.3) is 0 Å². The van der Waals surface area contributed by atoms with Gasteiger partial charge in [-0.05, 0) is 38.7 Å². The highest BCUT2D eigenvalue weighted by atomic mass is 15.2. The second-order valence-electron chi connectivity index (χ2n) is 5.34. The van der Waals surface area contributed by atoms with Gasteiger partial charge in [0.05, 0.1) is 0 Å². The van der Waals surface area contributed by atoms with E-state index in [2.05, 4.69) is 21.9 Å². The van der Waals surface area contributed by atoms with Gasteiger partial charge in [0.2, 0.25) is 5.95 Å². The zero-order valence-corrected chi connectivity index (χ0v) is 11.2. The molecule has 0 radical (unpaired) electrons. The Bertz CT molecular complexity index is 349. The molecule has 1 saturated carbocycles. The summed E-state index contributed by atoms with van der Waals surface area (Å²) in [6, 6.07) is 2.03. The van der Waals surface area contributed by atoms with Crippen LogP contribution in [0.15, 0.2) is 6.07 Å². The van der Waals surface area contributed by atoms with Gasteiger partial charge in [-0.15, -0.1) is 0 Å². The van der Waals surface area contributed by atoms with Crippen molar-refractivity contribution < 1.29 is 0 Å². The molecule has 0 unspecified atom stereocenters. The summed E-state index contributed by atoms with van der Waals surface area (Å²) < 4.78 is 0. The van der Waals surface area contributed by atoms with Crippen molar-refractivity contribution in [3.05, 3.63) is 17.5 Å².